The van der Waals surface area contributed by atoms with E-state index in [1.54, 1.807) is 0 Å². The third-order valence-electron chi connectivity index (χ3n) is 5.92. The van der Waals surface area contributed by atoms with Crippen LogP contribution in [0.2, 0.25) is 0 Å². The average Bonchev–Trinajstić information content (AvgIpc) is 2.32. The quantitative estimate of drug-likeness (QED) is 0.735. The standard InChI is InChI=1S/C16H24O3/c1-15(8-18-9-15)10-19-14(17)16-5-11-2-12(6-16)4-13(3-11)7-16/h11-13H,2-10H2,1H3. The van der Waals surface area contributed by atoms with E-state index >= 15 is 0 Å². The first-order chi connectivity index (χ1) is 9.07. The Bertz CT molecular complexity index is 362. The van der Waals surface area contributed by atoms with Crippen molar-refractivity contribution in [3.63, 3.8) is 0 Å². The van der Waals surface area contributed by atoms with E-state index in [0.717, 1.165) is 50.2 Å². The van der Waals surface area contributed by atoms with E-state index in [4.69, 9.17) is 9.47 Å². The molecule has 0 aromatic rings. The lowest BCUT2D eigenvalue weighted by atomic mass is 9.49. The van der Waals surface area contributed by atoms with E-state index < -0.39 is 0 Å². The number of ether oxygens (including phenoxy) is 2. The summed E-state index contributed by atoms with van der Waals surface area (Å²) in [5.74, 6) is 2.53. The second-order valence-electron chi connectivity index (χ2n) is 8.08. The maximum Gasteiger partial charge on any atom is 0.312 e. The molecule has 3 nitrogen and oxygen atoms in total. The van der Waals surface area contributed by atoms with Gasteiger partial charge < -0.3 is 9.47 Å². The maximum absolute atomic E-state index is 12.6. The summed E-state index contributed by atoms with van der Waals surface area (Å²) in [5, 5.41) is 0. The summed E-state index contributed by atoms with van der Waals surface area (Å²) in [6, 6.07) is 0. The summed E-state index contributed by atoms with van der Waals surface area (Å²) in [4.78, 5) is 12.6. The van der Waals surface area contributed by atoms with Crippen molar-refractivity contribution in [1.82, 2.24) is 0 Å². The molecule has 19 heavy (non-hydrogen) atoms. The summed E-state index contributed by atoms with van der Waals surface area (Å²) >= 11 is 0. The van der Waals surface area contributed by atoms with Crippen molar-refractivity contribution in [1.29, 1.82) is 0 Å². The van der Waals surface area contributed by atoms with Gasteiger partial charge in [0.1, 0.15) is 6.61 Å². The highest BCUT2D eigenvalue weighted by atomic mass is 16.5. The SMILES string of the molecule is CC1(COC(=O)C23CC4CC(CC(C4)C2)C3)COC1. The third kappa shape index (κ3) is 1.93. The van der Waals surface area contributed by atoms with Crippen LogP contribution in [0.3, 0.4) is 0 Å². The number of carbonyl (C=O) groups is 1. The average molecular weight is 264 g/mol. The fourth-order valence-corrected chi connectivity index (χ4v) is 5.29. The van der Waals surface area contributed by atoms with E-state index in [9.17, 15) is 4.79 Å². The molecular formula is C16H24O3. The van der Waals surface area contributed by atoms with Crippen molar-refractivity contribution in [2.24, 2.45) is 28.6 Å². The molecule has 1 saturated heterocycles. The zero-order valence-electron chi connectivity index (χ0n) is 11.8. The molecule has 1 aliphatic heterocycles. The van der Waals surface area contributed by atoms with E-state index in [2.05, 4.69) is 6.92 Å². The number of hydrogen-bond acceptors (Lipinski definition) is 3. The van der Waals surface area contributed by atoms with Gasteiger partial charge in [0.25, 0.3) is 0 Å². The van der Waals surface area contributed by atoms with Gasteiger partial charge in [0.05, 0.1) is 18.6 Å². The summed E-state index contributed by atoms with van der Waals surface area (Å²) in [6.07, 6.45) is 7.43. The summed E-state index contributed by atoms with van der Waals surface area (Å²) < 4.78 is 10.9. The van der Waals surface area contributed by atoms with Gasteiger partial charge in [0, 0.05) is 5.41 Å². The van der Waals surface area contributed by atoms with Crippen LogP contribution in [-0.4, -0.2) is 25.8 Å². The van der Waals surface area contributed by atoms with E-state index in [1.165, 1.54) is 19.3 Å². The summed E-state index contributed by atoms with van der Waals surface area (Å²) in [5.41, 5.74) is -0.0202. The van der Waals surface area contributed by atoms with Gasteiger partial charge in [0.15, 0.2) is 0 Å². The summed E-state index contributed by atoms with van der Waals surface area (Å²) in [7, 11) is 0. The Hall–Kier alpha value is -0.570. The van der Waals surface area contributed by atoms with Gasteiger partial charge in [-0.05, 0) is 56.3 Å². The maximum atomic E-state index is 12.6. The normalized spacial score (nSPS) is 45.8. The lowest BCUT2D eigenvalue weighted by molar-refractivity contribution is -0.187. The van der Waals surface area contributed by atoms with Crippen LogP contribution < -0.4 is 0 Å². The Kier molecular flexibility index (Phi) is 2.55. The Morgan fingerprint density at radius 2 is 1.63 bits per heavy atom. The van der Waals surface area contributed by atoms with Crippen LogP contribution in [0.1, 0.15) is 45.4 Å². The van der Waals surface area contributed by atoms with E-state index in [0.29, 0.717) is 6.61 Å². The minimum atomic E-state index is -0.101. The molecule has 4 saturated carbocycles. The number of carbonyl (C=O) groups excluding carboxylic acids is 1. The third-order valence-corrected chi connectivity index (χ3v) is 5.92. The topological polar surface area (TPSA) is 35.5 Å². The molecule has 0 N–H and O–H groups in total. The molecule has 5 aliphatic rings. The number of rotatable bonds is 3. The molecule has 1 heterocycles. The van der Waals surface area contributed by atoms with E-state index in [1.807, 2.05) is 0 Å². The van der Waals surface area contributed by atoms with Crippen molar-refractivity contribution in [3.8, 4) is 0 Å². The fraction of sp³-hybridized carbons (Fsp3) is 0.938. The van der Waals surface area contributed by atoms with Crippen molar-refractivity contribution < 1.29 is 14.3 Å². The molecule has 0 unspecified atom stereocenters. The van der Waals surface area contributed by atoms with Gasteiger partial charge in [-0.2, -0.15) is 0 Å². The van der Waals surface area contributed by atoms with Crippen LogP contribution >= 0.6 is 0 Å². The summed E-state index contributed by atoms with van der Waals surface area (Å²) in [6.45, 7) is 4.17. The van der Waals surface area contributed by atoms with Crippen LogP contribution in [0.25, 0.3) is 0 Å². The van der Waals surface area contributed by atoms with Gasteiger partial charge in [0.2, 0.25) is 0 Å². The minimum Gasteiger partial charge on any atom is -0.464 e. The predicted molar refractivity (Wildman–Crippen MR) is 70.5 cm³/mol. The highest BCUT2D eigenvalue weighted by molar-refractivity contribution is 5.77. The van der Waals surface area contributed by atoms with Gasteiger partial charge in [-0.25, -0.2) is 0 Å². The lowest BCUT2D eigenvalue weighted by Crippen LogP contribution is -2.52. The second-order valence-corrected chi connectivity index (χ2v) is 8.08. The van der Waals surface area contributed by atoms with Crippen LogP contribution in [-0.2, 0) is 14.3 Å². The van der Waals surface area contributed by atoms with Gasteiger partial charge >= 0.3 is 5.97 Å². The molecule has 0 aromatic carbocycles. The molecule has 0 aromatic heterocycles. The Labute approximate surface area is 115 Å². The van der Waals surface area contributed by atoms with Crippen LogP contribution in [0.4, 0.5) is 0 Å². The van der Waals surface area contributed by atoms with Gasteiger partial charge in [-0.1, -0.05) is 6.92 Å². The second kappa shape index (κ2) is 3.97. The molecule has 4 aliphatic carbocycles. The molecule has 0 spiro atoms. The van der Waals surface area contributed by atoms with Crippen LogP contribution in [0.15, 0.2) is 0 Å². The zero-order valence-corrected chi connectivity index (χ0v) is 11.8. The molecule has 4 bridgehead atoms. The van der Waals surface area contributed by atoms with E-state index in [-0.39, 0.29) is 16.8 Å². The largest absolute Gasteiger partial charge is 0.464 e. The minimum absolute atomic E-state index is 0.0813. The number of esters is 1. The molecule has 0 radical (unpaired) electrons. The lowest BCUT2D eigenvalue weighted by Gasteiger charge is -2.55. The molecule has 5 fully saturated rings. The first-order valence-corrected chi connectivity index (χ1v) is 7.82. The van der Waals surface area contributed by atoms with Crippen LogP contribution in [0, 0.1) is 28.6 Å². The van der Waals surface area contributed by atoms with Crippen molar-refractivity contribution in [2.45, 2.75) is 45.4 Å². The monoisotopic (exact) mass is 264 g/mol. The molecule has 0 atom stereocenters. The Morgan fingerprint density at radius 1 is 1.11 bits per heavy atom. The molecule has 106 valence electrons. The van der Waals surface area contributed by atoms with Crippen molar-refractivity contribution in [2.75, 3.05) is 19.8 Å². The van der Waals surface area contributed by atoms with Crippen LogP contribution in [0.5, 0.6) is 0 Å². The molecule has 5 rings (SSSR count). The van der Waals surface area contributed by atoms with Gasteiger partial charge in [-0.15, -0.1) is 0 Å². The molecule has 0 amide bonds. The Balaban J connectivity index is 1.44. The fourth-order valence-electron chi connectivity index (χ4n) is 5.29. The molecule has 3 heteroatoms. The van der Waals surface area contributed by atoms with Crippen molar-refractivity contribution >= 4 is 5.97 Å². The predicted octanol–water partition coefficient (Wildman–Crippen LogP) is 2.78. The molecular weight excluding hydrogens is 240 g/mol. The Morgan fingerprint density at radius 3 is 2.05 bits per heavy atom. The highest BCUT2D eigenvalue weighted by Crippen LogP contribution is 2.60. The highest BCUT2D eigenvalue weighted by Gasteiger charge is 2.55. The number of hydrogen-bond donors (Lipinski definition) is 0. The van der Waals surface area contributed by atoms with Crippen molar-refractivity contribution in [3.05, 3.63) is 0 Å². The zero-order chi connectivity index (χ0) is 13.1. The first kappa shape index (κ1) is 12.2. The smallest absolute Gasteiger partial charge is 0.312 e. The first-order valence-electron chi connectivity index (χ1n) is 7.82. The van der Waals surface area contributed by atoms with Gasteiger partial charge in [-0.3, -0.25) is 4.79 Å².